The maximum Gasteiger partial charge on any atom is 0.209 e. The molecule has 7 heteroatoms. The minimum absolute atomic E-state index is 0.0414. The number of likely N-dealkylation sites (tertiary alicyclic amines) is 1. The zero-order valence-electron chi connectivity index (χ0n) is 17.1. The Labute approximate surface area is 191 Å². The number of halogens is 2. The average molecular weight is 456 g/mol. The quantitative estimate of drug-likeness (QED) is 0.349. The van der Waals surface area contributed by atoms with E-state index in [1.54, 1.807) is 4.90 Å². The number of aryl methyl sites for hydroxylation is 1. The summed E-state index contributed by atoms with van der Waals surface area (Å²) in [6.07, 6.45) is 3.53. The molecule has 3 aromatic rings. The lowest BCUT2D eigenvalue weighted by Gasteiger charge is -2.38. The summed E-state index contributed by atoms with van der Waals surface area (Å²) in [5.41, 5.74) is 4.74. The molecule has 0 spiro atoms. The van der Waals surface area contributed by atoms with E-state index in [1.165, 1.54) is 12.1 Å². The maximum absolute atomic E-state index is 13.5. The predicted molar refractivity (Wildman–Crippen MR) is 125 cm³/mol. The highest BCUT2D eigenvalue weighted by molar-refractivity contribution is 7.71. The first kappa shape index (κ1) is 21.5. The van der Waals surface area contributed by atoms with Gasteiger partial charge in [0.05, 0.1) is 10.7 Å². The van der Waals surface area contributed by atoms with Crippen LogP contribution in [0.1, 0.15) is 34.9 Å². The Morgan fingerprint density at radius 2 is 1.94 bits per heavy atom. The first-order chi connectivity index (χ1) is 15.0. The van der Waals surface area contributed by atoms with Gasteiger partial charge in [0.25, 0.3) is 0 Å². The van der Waals surface area contributed by atoms with Crippen LogP contribution in [0.2, 0.25) is 5.02 Å². The molecule has 1 aliphatic heterocycles. The molecule has 2 heterocycles. The van der Waals surface area contributed by atoms with Crippen molar-refractivity contribution >= 4 is 41.6 Å². The lowest BCUT2D eigenvalue weighted by molar-refractivity contribution is -0.119. The second kappa shape index (κ2) is 9.20. The first-order valence-corrected chi connectivity index (χ1v) is 10.9. The molecule has 0 bridgehead atoms. The zero-order valence-corrected chi connectivity index (χ0v) is 18.6. The molecule has 2 atom stereocenters. The summed E-state index contributed by atoms with van der Waals surface area (Å²) >= 11 is 12.1. The molecule has 0 saturated carbocycles. The van der Waals surface area contributed by atoms with E-state index in [-0.39, 0.29) is 17.7 Å². The molecular formula is C24H23ClFN3OS. The number of pyridine rings is 1. The van der Waals surface area contributed by atoms with Crippen LogP contribution >= 0.6 is 23.8 Å². The molecule has 2 unspecified atom stereocenters. The van der Waals surface area contributed by atoms with Gasteiger partial charge in [-0.05, 0) is 54.2 Å². The molecule has 4 nitrogen and oxygen atoms in total. The van der Waals surface area contributed by atoms with Gasteiger partial charge in [0.1, 0.15) is 10.5 Å². The van der Waals surface area contributed by atoms with Gasteiger partial charge in [0.15, 0.2) is 0 Å². The van der Waals surface area contributed by atoms with Gasteiger partial charge in [0.2, 0.25) is 6.41 Å². The van der Waals surface area contributed by atoms with Crippen molar-refractivity contribution in [2.75, 3.05) is 18.4 Å². The molecule has 2 N–H and O–H groups in total. The first-order valence-electron chi connectivity index (χ1n) is 10.2. The van der Waals surface area contributed by atoms with Crippen molar-refractivity contribution in [3.05, 3.63) is 86.9 Å². The molecule has 1 amide bonds. The third kappa shape index (κ3) is 4.50. The van der Waals surface area contributed by atoms with Crippen LogP contribution < -0.4 is 5.32 Å². The van der Waals surface area contributed by atoms with E-state index in [1.807, 2.05) is 49.5 Å². The van der Waals surface area contributed by atoms with Crippen LogP contribution in [0.3, 0.4) is 0 Å². The highest BCUT2D eigenvalue weighted by atomic mass is 35.5. The Morgan fingerprint density at radius 3 is 2.65 bits per heavy atom. The van der Waals surface area contributed by atoms with E-state index >= 15 is 0 Å². The number of piperidine rings is 1. The smallest absolute Gasteiger partial charge is 0.209 e. The predicted octanol–water partition coefficient (Wildman–Crippen LogP) is 6.32. The minimum Gasteiger partial charge on any atom is -0.354 e. The Hall–Kier alpha value is -2.70. The van der Waals surface area contributed by atoms with Crippen LogP contribution in [0.5, 0.6) is 0 Å². The molecule has 31 heavy (non-hydrogen) atoms. The van der Waals surface area contributed by atoms with Gasteiger partial charge < -0.3 is 15.2 Å². The number of anilines is 2. The number of hydrogen-bond acceptors (Lipinski definition) is 3. The number of aromatic nitrogens is 1. The van der Waals surface area contributed by atoms with Crippen LogP contribution in [0, 0.1) is 17.4 Å². The van der Waals surface area contributed by atoms with Gasteiger partial charge in [-0.1, -0.05) is 54.2 Å². The molecule has 1 aromatic heterocycles. The average Bonchev–Trinajstić information content (AvgIpc) is 2.79. The molecule has 0 radical (unpaired) electrons. The van der Waals surface area contributed by atoms with Crippen LogP contribution in [0.25, 0.3) is 0 Å². The summed E-state index contributed by atoms with van der Waals surface area (Å²) in [4.78, 5) is 16.4. The van der Waals surface area contributed by atoms with E-state index in [9.17, 15) is 9.18 Å². The summed E-state index contributed by atoms with van der Waals surface area (Å²) in [6, 6.07) is 14.6. The van der Waals surface area contributed by atoms with Crippen molar-refractivity contribution in [3.8, 4) is 0 Å². The van der Waals surface area contributed by atoms with Crippen molar-refractivity contribution < 1.29 is 9.18 Å². The second-order valence-electron chi connectivity index (χ2n) is 7.86. The van der Waals surface area contributed by atoms with Crippen LogP contribution in [0.15, 0.2) is 54.7 Å². The van der Waals surface area contributed by atoms with Crippen molar-refractivity contribution in [2.45, 2.75) is 25.2 Å². The molecule has 4 rings (SSSR count). The van der Waals surface area contributed by atoms with E-state index < -0.39 is 0 Å². The summed E-state index contributed by atoms with van der Waals surface area (Å²) in [7, 11) is 0. The third-order valence-corrected chi connectivity index (χ3v) is 6.77. The zero-order chi connectivity index (χ0) is 22.0. The molecule has 1 fully saturated rings. The Balaban J connectivity index is 1.81. The fraction of sp³-hybridized carbons (Fsp3) is 0.250. The summed E-state index contributed by atoms with van der Waals surface area (Å²) in [6.45, 7) is 3.21. The van der Waals surface area contributed by atoms with Gasteiger partial charge in [-0.3, -0.25) is 4.79 Å². The molecule has 1 saturated heterocycles. The number of nitrogens with one attached hydrogen (secondary N) is 2. The number of H-pyrrole nitrogens is 1. The van der Waals surface area contributed by atoms with E-state index in [2.05, 4.69) is 10.3 Å². The number of amides is 1. The molecular weight excluding hydrogens is 433 g/mol. The standard InChI is InChI=1S/C24H23ClFN3OS/c1-15-4-2-3-5-21(15)28-23-19(12-27-24(31)22(23)25)20-13-29(14-30)11-10-18(20)16-6-8-17(26)9-7-16/h2-9,12,14,18,20H,10-11,13H2,1H3,(H2,27,28,31). The van der Waals surface area contributed by atoms with Gasteiger partial charge in [-0.15, -0.1) is 0 Å². The number of aromatic amines is 1. The largest absolute Gasteiger partial charge is 0.354 e. The fourth-order valence-electron chi connectivity index (χ4n) is 4.28. The monoisotopic (exact) mass is 455 g/mol. The number of nitrogens with zero attached hydrogens (tertiary/aromatic N) is 1. The van der Waals surface area contributed by atoms with Gasteiger partial charge in [0, 0.05) is 30.9 Å². The van der Waals surface area contributed by atoms with Crippen molar-refractivity contribution in [3.63, 3.8) is 0 Å². The summed E-state index contributed by atoms with van der Waals surface area (Å²) in [5, 5.41) is 3.92. The molecule has 1 aliphatic rings. The van der Waals surface area contributed by atoms with Gasteiger partial charge >= 0.3 is 0 Å². The van der Waals surface area contributed by atoms with Gasteiger partial charge in [-0.25, -0.2) is 4.39 Å². The topological polar surface area (TPSA) is 48.1 Å². The van der Waals surface area contributed by atoms with Crippen LogP contribution in [0.4, 0.5) is 15.8 Å². The Kier molecular flexibility index (Phi) is 6.39. The normalized spacial score (nSPS) is 18.6. The third-order valence-electron chi connectivity index (χ3n) is 5.96. The Morgan fingerprint density at radius 1 is 1.19 bits per heavy atom. The van der Waals surface area contributed by atoms with Crippen LogP contribution in [-0.4, -0.2) is 29.4 Å². The highest BCUT2D eigenvalue weighted by Gasteiger charge is 2.33. The fourth-order valence-corrected chi connectivity index (χ4v) is 4.66. The molecule has 0 aliphatic carbocycles. The van der Waals surface area contributed by atoms with Gasteiger partial charge in [-0.2, -0.15) is 0 Å². The van der Waals surface area contributed by atoms with Crippen molar-refractivity contribution in [2.24, 2.45) is 0 Å². The summed E-state index contributed by atoms with van der Waals surface area (Å²) in [5.74, 6) is -0.200. The van der Waals surface area contributed by atoms with Crippen molar-refractivity contribution in [1.82, 2.24) is 9.88 Å². The lowest BCUT2D eigenvalue weighted by atomic mass is 9.76. The maximum atomic E-state index is 13.5. The number of carbonyl (C=O) groups is 1. The van der Waals surface area contributed by atoms with E-state index in [4.69, 9.17) is 23.8 Å². The summed E-state index contributed by atoms with van der Waals surface area (Å²) < 4.78 is 14.0. The number of rotatable bonds is 5. The van der Waals surface area contributed by atoms with Crippen molar-refractivity contribution in [1.29, 1.82) is 0 Å². The number of benzene rings is 2. The van der Waals surface area contributed by atoms with E-state index in [0.717, 1.165) is 40.9 Å². The minimum atomic E-state index is -0.264. The number of carbonyl (C=O) groups excluding carboxylic acids is 1. The highest BCUT2D eigenvalue weighted by Crippen LogP contribution is 2.44. The van der Waals surface area contributed by atoms with E-state index in [0.29, 0.717) is 22.8 Å². The number of para-hydroxylation sites is 1. The molecule has 2 aromatic carbocycles. The molecule has 160 valence electrons. The Bertz CT molecular complexity index is 1150. The number of hydrogen-bond donors (Lipinski definition) is 2. The second-order valence-corrected chi connectivity index (χ2v) is 8.64. The SMILES string of the molecule is Cc1ccccc1Nc1c(C2CN(C=O)CCC2c2ccc(F)cc2)c[nH]c(=S)c1Cl. The lowest BCUT2D eigenvalue weighted by Crippen LogP contribution is -2.37. The van der Waals surface area contributed by atoms with Crippen LogP contribution in [-0.2, 0) is 4.79 Å².